The van der Waals surface area contributed by atoms with Crippen LogP contribution in [-0.4, -0.2) is 43.1 Å². The number of alkyl halides is 3. The third kappa shape index (κ3) is 2.79. The minimum absolute atomic E-state index is 0.207. The molecule has 0 aliphatic heterocycles. The van der Waals surface area contributed by atoms with Gasteiger partial charge in [-0.25, -0.2) is 9.50 Å². The Morgan fingerprint density at radius 1 is 1.22 bits per heavy atom. The third-order valence-electron chi connectivity index (χ3n) is 6.25. The summed E-state index contributed by atoms with van der Waals surface area (Å²) < 4.78 is 40.9. The van der Waals surface area contributed by atoms with E-state index >= 15 is 0 Å². The molecule has 0 amide bonds. The summed E-state index contributed by atoms with van der Waals surface area (Å²) in [6.45, 7) is 0.445. The van der Waals surface area contributed by atoms with Crippen molar-refractivity contribution >= 4 is 16.6 Å². The van der Waals surface area contributed by atoms with E-state index in [-0.39, 0.29) is 24.7 Å². The fraction of sp³-hybridized carbons (Fsp3) is 0.611. The van der Waals surface area contributed by atoms with E-state index in [1.807, 2.05) is 12.3 Å². The fourth-order valence-electron chi connectivity index (χ4n) is 4.36. The largest absolute Gasteiger partial charge is 0.406 e. The van der Waals surface area contributed by atoms with E-state index < -0.39 is 11.7 Å². The van der Waals surface area contributed by atoms with E-state index in [0.29, 0.717) is 6.54 Å². The standard InChI is InChI=1S/C18H21F3N6/c19-18(20,21)17(6-7-17)24-9-11-1-3-12(4-2-11)14-15-13-5-8-22-16(13)23-10-27(15)26-25-14/h5,8,10-12,22,24H,1-4,6-7,9H2. The predicted molar refractivity (Wildman–Crippen MR) is 93.4 cm³/mol. The maximum atomic E-state index is 13.1. The van der Waals surface area contributed by atoms with E-state index in [4.69, 9.17) is 0 Å². The molecule has 2 saturated carbocycles. The average molecular weight is 378 g/mol. The average Bonchev–Trinajstić information content (AvgIpc) is 3.11. The van der Waals surface area contributed by atoms with Crippen molar-refractivity contribution in [3.63, 3.8) is 0 Å². The van der Waals surface area contributed by atoms with Crippen molar-refractivity contribution < 1.29 is 13.2 Å². The Hall–Kier alpha value is -2.16. The topological polar surface area (TPSA) is 70.9 Å². The van der Waals surface area contributed by atoms with E-state index in [1.165, 1.54) is 0 Å². The molecule has 9 heteroatoms. The van der Waals surface area contributed by atoms with Gasteiger partial charge in [0.25, 0.3) is 0 Å². The highest BCUT2D eigenvalue weighted by Gasteiger charge is 2.63. The number of nitrogens with one attached hydrogen (secondary N) is 2. The highest BCUT2D eigenvalue weighted by atomic mass is 19.4. The van der Waals surface area contributed by atoms with E-state index in [2.05, 4.69) is 25.6 Å². The second-order valence-corrected chi connectivity index (χ2v) is 7.93. The molecule has 2 N–H and O–H groups in total. The Morgan fingerprint density at radius 3 is 2.70 bits per heavy atom. The van der Waals surface area contributed by atoms with Gasteiger partial charge in [0.15, 0.2) is 0 Å². The van der Waals surface area contributed by atoms with Crippen molar-refractivity contribution in [1.29, 1.82) is 0 Å². The van der Waals surface area contributed by atoms with Crippen molar-refractivity contribution in [3.05, 3.63) is 24.3 Å². The number of aromatic amines is 1. The van der Waals surface area contributed by atoms with Gasteiger partial charge in [0.1, 0.15) is 23.0 Å². The maximum absolute atomic E-state index is 13.1. The van der Waals surface area contributed by atoms with Crippen molar-refractivity contribution in [1.82, 2.24) is 30.1 Å². The molecule has 3 aromatic heterocycles. The van der Waals surface area contributed by atoms with Gasteiger partial charge in [-0.2, -0.15) is 13.2 Å². The molecular formula is C18H21F3N6. The lowest BCUT2D eigenvalue weighted by Gasteiger charge is -2.30. The highest BCUT2D eigenvalue weighted by Crippen LogP contribution is 2.49. The van der Waals surface area contributed by atoms with Gasteiger partial charge >= 0.3 is 6.18 Å². The lowest BCUT2D eigenvalue weighted by Crippen LogP contribution is -2.47. The molecule has 0 atom stereocenters. The summed E-state index contributed by atoms with van der Waals surface area (Å²) in [4.78, 5) is 7.43. The second-order valence-electron chi connectivity index (χ2n) is 7.93. The molecule has 2 fully saturated rings. The Morgan fingerprint density at radius 2 is 2.00 bits per heavy atom. The Balaban J connectivity index is 1.27. The first kappa shape index (κ1) is 17.0. The number of fused-ring (bicyclic) bond motifs is 3. The van der Waals surface area contributed by atoms with Crippen LogP contribution in [0.5, 0.6) is 0 Å². The minimum Gasteiger partial charge on any atom is -0.346 e. The Labute approximate surface area is 153 Å². The zero-order chi connectivity index (χ0) is 18.6. The zero-order valence-electron chi connectivity index (χ0n) is 14.8. The number of rotatable bonds is 4. The maximum Gasteiger partial charge on any atom is 0.406 e. The summed E-state index contributed by atoms with van der Waals surface area (Å²) in [5.74, 6) is 0.577. The SMILES string of the molecule is FC(F)(F)C1(NCC2CCC(c3nnn4cnc5[nH]ccc5c34)CC2)CC1. The number of halogens is 3. The third-order valence-corrected chi connectivity index (χ3v) is 6.25. The molecule has 0 saturated heterocycles. The predicted octanol–water partition coefficient (Wildman–Crippen LogP) is 3.56. The first-order valence-corrected chi connectivity index (χ1v) is 9.46. The molecule has 0 spiro atoms. The number of nitrogens with zero attached hydrogens (tertiary/aromatic N) is 4. The summed E-state index contributed by atoms with van der Waals surface area (Å²) in [7, 11) is 0. The molecule has 3 aromatic rings. The second kappa shape index (κ2) is 5.92. The monoisotopic (exact) mass is 378 g/mol. The molecule has 5 rings (SSSR count). The molecule has 27 heavy (non-hydrogen) atoms. The van der Waals surface area contributed by atoms with Crippen LogP contribution < -0.4 is 5.32 Å². The lowest BCUT2D eigenvalue weighted by molar-refractivity contribution is -0.166. The van der Waals surface area contributed by atoms with Crippen molar-refractivity contribution in [2.24, 2.45) is 5.92 Å². The van der Waals surface area contributed by atoms with Crippen molar-refractivity contribution in [3.8, 4) is 0 Å². The van der Waals surface area contributed by atoms with E-state index in [9.17, 15) is 13.2 Å². The fourth-order valence-corrected chi connectivity index (χ4v) is 4.36. The van der Waals surface area contributed by atoms with Crippen LogP contribution in [0.1, 0.15) is 50.1 Å². The van der Waals surface area contributed by atoms with Crippen LogP contribution in [-0.2, 0) is 0 Å². The smallest absolute Gasteiger partial charge is 0.346 e. The van der Waals surface area contributed by atoms with Gasteiger partial charge in [-0.1, -0.05) is 5.21 Å². The van der Waals surface area contributed by atoms with Crippen LogP contribution in [0, 0.1) is 5.92 Å². The van der Waals surface area contributed by atoms with E-state index in [0.717, 1.165) is 47.9 Å². The van der Waals surface area contributed by atoms with Gasteiger partial charge in [-0.15, -0.1) is 5.10 Å². The molecule has 144 valence electrons. The summed E-state index contributed by atoms with van der Waals surface area (Å²) in [6, 6.07) is 1.98. The summed E-state index contributed by atoms with van der Waals surface area (Å²) in [6.07, 6.45) is 3.45. The Bertz CT molecular complexity index is 962. The van der Waals surface area contributed by atoms with Crippen molar-refractivity contribution in [2.75, 3.05) is 6.54 Å². The molecule has 3 heterocycles. The molecule has 0 bridgehead atoms. The van der Waals surface area contributed by atoms with Gasteiger partial charge in [0.05, 0.1) is 5.69 Å². The molecular weight excluding hydrogens is 357 g/mol. The first-order valence-electron chi connectivity index (χ1n) is 9.46. The summed E-state index contributed by atoms with van der Waals surface area (Å²) >= 11 is 0. The van der Waals surface area contributed by atoms with Crippen LogP contribution in [0.4, 0.5) is 13.2 Å². The quantitative estimate of drug-likeness (QED) is 0.728. The summed E-state index contributed by atoms with van der Waals surface area (Å²) in [5.41, 5.74) is 1.16. The van der Waals surface area contributed by atoms with Crippen LogP contribution in [0.15, 0.2) is 18.6 Å². The van der Waals surface area contributed by atoms with Crippen LogP contribution in [0.3, 0.4) is 0 Å². The van der Waals surface area contributed by atoms with Crippen LogP contribution in [0.2, 0.25) is 0 Å². The van der Waals surface area contributed by atoms with Gasteiger partial charge in [0, 0.05) is 17.5 Å². The zero-order valence-corrected chi connectivity index (χ0v) is 14.8. The molecule has 2 aliphatic carbocycles. The van der Waals surface area contributed by atoms with Gasteiger partial charge in [0.2, 0.25) is 0 Å². The number of hydrogen-bond donors (Lipinski definition) is 2. The van der Waals surface area contributed by atoms with E-state index in [1.54, 1.807) is 10.8 Å². The number of aromatic nitrogens is 5. The molecule has 6 nitrogen and oxygen atoms in total. The van der Waals surface area contributed by atoms with Gasteiger partial charge < -0.3 is 10.3 Å². The Kier molecular flexibility index (Phi) is 3.72. The molecule has 0 radical (unpaired) electrons. The summed E-state index contributed by atoms with van der Waals surface area (Å²) in [5, 5.41) is 12.4. The molecule has 0 aromatic carbocycles. The van der Waals surface area contributed by atoms with Crippen molar-refractivity contribution in [2.45, 2.75) is 56.2 Å². The first-order chi connectivity index (χ1) is 13.0. The van der Waals surface area contributed by atoms with Gasteiger partial charge in [-0.3, -0.25) is 0 Å². The normalized spacial score (nSPS) is 25.3. The van der Waals surface area contributed by atoms with Gasteiger partial charge in [-0.05, 0) is 57.1 Å². The van der Waals surface area contributed by atoms with Crippen LogP contribution in [0.25, 0.3) is 16.6 Å². The van der Waals surface area contributed by atoms with Crippen LogP contribution >= 0.6 is 0 Å². The minimum atomic E-state index is -4.14. The molecule has 0 unspecified atom stereocenters. The number of H-pyrrole nitrogens is 1. The molecule has 2 aliphatic rings. The number of hydrogen-bond acceptors (Lipinski definition) is 4. The lowest BCUT2D eigenvalue weighted by atomic mass is 9.80. The highest BCUT2D eigenvalue weighted by molar-refractivity contribution is 5.92.